The Morgan fingerprint density at radius 3 is 2.81 bits per heavy atom. The van der Waals surface area contributed by atoms with E-state index in [2.05, 4.69) is 41.1 Å². The second-order valence-corrected chi connectivity index (χ2v) is 11.3. The van der Waals surface area contributed by atoms with Gasteiger partial charge in [-0.1, -0.05) is 26.1 Å². The van der Waals surface area contributed by atoms with E-state index in [1.54, 1.807) is 25.4 Å². The third-order valence-corrected chi connectivity index (χ3v) is 7.52. The molecule has 1 unspecified atom stereocenters. The summed E-state index contributed by atoms with van der Waals surface area (Å²) >= 11 is 0. The molecule has 0 fully saturated rings. The molecule has 0 aliphatic rings. The number of nitrogens with one attached hydrogen (secondary N) is 1. The number of pyridine rings is 2. The largest absolute Gasteiger partial charge is 0.490 e. The van der Waals surface area contributed by atoms with Crippen LogP contribution in [0, 0.1) is 5.95 Å². The molecule has 8 heteroatoms. The summed E-state index contributed by atoms with van der Waals surface area (Å²) < 4.78 is 22.7. The molecule has 0 bridgehead atoms. The summed E-state index contributed by atoms with van der Waals surface area (Å²) in [5, 5.41) is 12.7. The van der Waals surface area contributed by atoms with Crippen LogP contribution in [0.4, 0.5) is 4.39 Å². The van der Waals surface area contributed by atoms with E-state index < -0.39 is 12.1 Å². The molecule has 0 aliphatic carbocycles. The average Bonchev–Trinajstić information content (AvgIpc) is 3.30. The first-order valence-electron chi connectivity index (χ1n) is 10.2. The zero-order valence-corrected chi connectivity index (χ0v) is 19.1. The van der Waals surface area contributed by atoms with Crippen LogP contribution in [-0.4, -0.2) is 47.3 Å². The van der Waals surface area contributed by atoms with Gasteiger partial charge in [-0.15, -0.1) is 10.5 Å². The lowest BCUT2D eigenvalue weighted by Gasteiger charge is -2.27. The highest BCUT2D eigenvalue weighted by Crippen LogP contribution is 2.45. The van der Waals surface area contributed by atoms with E-state index in [0.717, 1.165) is 10.3 Å². The number of aliphatic hydroxyl groups is 1. The van der Waals surface area contributed by atoms with Crippen LogP contribution >= 0.6 is 10.5 Å². The maximum Gasteiger partial charge on any atom is 0.224 e. The van der Waals surface area contributed by atoms with Crippen molar-refractivity contribution in [2.75, 3.05) is 6.61 Å². The number of hydrogen-bond acceptors (Lipinski definition) is 4. The highest BCUT2D eigenvalue weighted by molar-refractivity contribution is 8.16. The second kappa shape index (κ2) is 8.09. The summed E-state index contributed by atoms with van der Waals surface area (Å²) in [6, 6.07) is 5.51. The van der Waals surface area contributed by atoms with E-state index in [1.165, 1.54) is 0 Å². The van der Waals surface area contributed by atoms with Gasteiger partial charge in [-0.3, -0.25) is 4.40 Å². The van der Waals surface area contributed by atoms with Gasteiger partial charge in [0, 0.05) is 28.6 Å². The van der Waals surface area contributed by atoms with Gasteiger partial charge in [-0.05, 0) is 26.0 Å². The molecule has 4 heterocycles. The summed E-state index contributed by atoms with van der Waals surface area (Å²) in [4.78, 5) is 12.5. The van der Waals surface area contributed by atoms with Crippen LogP contribution < -0.4 is 4.74 Å². The first-order valence-corrected chi connectivity index (χ1v) is 11.5. The molecule has 0 aliphatic heterocycles. The highest BCUT2D eigenvalue weighted by Gasteiger charge is 2.23. The smallest absolute Gasteiger partial charge is 0.224 e. The fraction of sp³-hybridized carbons (Fsp3) is 0.348. The number of aromatic amines is 1. The van der Waals surface area contributed by atoms with Gasteiger partial charge in [0.1, 0.15) is 23.7 Å². The van der Waals surface area contributed by atoms with Crippen LogP contribution in [0.25, 0.3) is 27.9 Å². The molecule has 6 nitrogen and oxygen atoms in total. The van der Waals surface area contributed by atoms with Gasteiger partial charge in [-0.2, -0.15) is 4.39 Å². The predicted octanol–water partition coefficient (Wildman–Crippen LogP) is 5.02. The Kier molecular flexibility index (Phi) is 5.61. The molecule has 0 saturated carbocycles. The van der Waals surface area contributed by atoms with E-state index in [4.69, 9.17) is 4.74 Å². The van der Waals surface area contributed by atoms with Gasteiger partial charge < -0.3 is 14.8 Å². The van der Waals surface area contributed by atoms with Gasteiger partial charge in [0.2, 0.25) is 5.95 Å². The monoisotopic (exact) mass is 442 g/mol. The normalized spacial score (nSPS) is 14.4. The van der Waals surface area contributed by atoms with Crippen LogP contribution in [0.2, 0.25) is 0 Å². The predicted molar refractivity (Wildman–Crippen MR) is 125 cm³/mol. The summed E-state index contributed by atoms with van der Waals surface area (Å²) in [7, 11) is -0.259. The fourth-order valence-corrected chi connectivity index (χ4v) is 5.80. The van der Waals surface area contributed by atoms with Crippen molar-refractivity contribution in [1.29, 1.82) is 0 Å². The lowest BCUT2D eigenvalue weighted by molar-refractivity contribution is 0.121. The standard InChI is InChI=1S/C23H27FN4O2S/c1-6-31(23(3,4)5)19-12-28-17(11-26-20(28)10-18(19)30-13-14(2)29)16-9-15-7-8-25-22(15)27-21(16)24/h6-12,14,29H,13H2,1-5H3,(H,25,27)/t14-,31?/m1/s1. The number of fused-ring (bicyclic) bond motifs is 2. The van der Waals surface area contributed by atoms with E-state index in [0.29, 0.717) is 28.3 Å². The molecule has 2 N–H and O–H groups in total. The number of rotatable bonds is 5. The molecule has 0 saturated heterocycles. The van der Waals surface area contributed by atoms with Crippen LogP contribution in [0.5, 0.6) is 5.75 Å². The molecule has 2 atom stereocenters. The van der Waals surface area contributed by atoms with Crippen molar-refractivity contribution in [3.05, 3.63) is 42.7 Å². The van der Waals surface area contributed by atoms with Crippen molar-refractivity contribution in [2.45, 2.75) is 50.4 Å². The minimum atomic E-state index is -0.588. The Morgan fingerprint density at radius 1 is 1.35 bits per heavy atom. The Bertz CT molecular complexity index is 1280. The molecule has 31 heavy (non-hydrogen) atoms. The molecule has 4 rings (SSSR count). The quantitative estimate of drug-likeness (QED) is 0.336. The minimum Gasteiger partial charge on any atom is -0.490 e. The number of halogens is 1. The second-order valence-electron chi connectivity index (χ2n) is 8.46. The Labute approximate surface area is 183 Å². The third kappa shape index (κ3) is 4.09. The van der Waals surface area contributed by atoms with Gasteiger partial charge >= 0.3 is 0 Å². The van der Waals surface area contributed by atoms with Crippen molar-refractivity contribution in [2.24, 2.45) is 0 Å². The van der Waals surface area contributed by atoms with Crippen LogP contribution in [0.1, 0.15) is 34.6 Å². The molecular weight excluding hydrogens is 415 g/mol. The summed E-state index contributed by atoms with van der Waals surface area (Å²) in [5.41, 5.74) is 2.17. The van der Waals surface area contributed by atoms with Crippen molar-refractivity contribution in [1.82, 2.24) is 19.4 Å². The van der Waals surface area contributed by atoms with E-state index in [9.17, 15) is 9.50 Å². The summed E-state index contributed by atoms with van der Waals surface area (Å²) in [6.45, 7) is 10.4. The number of H-pyrrole nitrogens is 1. The van der Waals surface area contributed by atoms with Gasteiger partial charge in [0.15, 0.2) is 0 Å². The highest BCUT2D eigenvalue weighted by atomic mass is 32.2. The summed E-state index contributed by atoms with van der Waals surface area (Å²) in [5.74, 6) is 0.131. The molecular formula is C23H27FN4O2S. The first kappa shape index (κ1) is 21.5. The summed E-state index contributed by atoms with van der Waals surface area (Å²) in [6.07, 6.45) is 4.78. The number of ether oxygens (including phenoxy) is 1. The Morgan fingerprint density at radius 2 is 2.13 bits per heavy atom. The third-order valence-electron chi connectivity index (χ3n) is 4.95. The topological polar surface area (TPSA) is 75.4 Å². The van der Waals surface area contributed by atoms with Crippen molar-refractivity contribution in [3.63, 3.8) is 0 Å². The first-order chi connectivity index (χ1) is 14.7. The SMILES string of the molecule is C/C=S(/c1cn2c(-c3cc4cc[nH]c4nc3F)cnc2cc1OC[C@@H](C)O)C(C)(C)C. The Balaban J connectivity index is 1.94. The zero-order chi connectivity index (χ0) is 22.3. The molecule has 4 aromatic rings. The van der Waals surface area contributed by atoms with Crippen LogP contribution in [0.15, 0.2) is 41.7 Å². The van der Waals surface area contributed by atoms with Crippen molar-refractivity contribution in [3.8, 4) is 17.0 Å². The van der Waals surface area contributed by atoms with Crippen molar-refractivity contribution < 1.29 is 14.2 Å². The van der Waals surface area contributed by atoms with Gasteiger partial charge in [0.05, 0.1) is 28.5 Å². The number of hydrogen-bond donors (Lipinski definition) is 2. The Hall–Kier alpha value is -2.71. The number of aliphatic hydroxyl groups excluding tert-OH is 1. The van der Waals surface area contributed by atoms with Crippen LogP contribution in [0.3, 0.4) is 0 Å². The number of imidazole rings is 1. The van der Waals surface area contributed by atoms with Gasteiger partial charge in [-0.25, -0.2) is 9.97 Å². The minimum absolute atomic E-state index is 0.0387. The number of aromatic nitrogens is 4. The lowest BCUT2D eigenvalue weighted by Crippen LogP contribution is -2.16. The number of nitrogens with zero attached hydrogens (tertiary/aromatic N) is 3. The molecule has 0 radical (unpaired) electrons. The lowest BCUT2D eigenvalue weighted by atomic mass is 10.2. The van der Waals surface area contributed by atoms with Crippen LogP contribution in [-0.2, 0) is 0 Å². The maximum atomic E-state index is 14.9. The molecule has 0 spiro atoms. The molecule has 0 amide bonds. The fourth-order valence-electron chi connectivity index (χ4n) is 3.62. The van der Waals surface area contributed by atoms with E-state index in [-0.39, 0.29) is 21.8 Å². The van der Waals surface area contributed by atoms with E-state index in [1.807, 2.05) is 29.7 Å². The average molecular weight is 443 g/mol. The van der Waals surface area contributed by atoms with Crippen molar-refractivity contribution >= 4 is 32.5 Å². The zero-order valence-electron chi connectivity index (χ0n) is 18.3. The molecule has 0 aromatic carbocycles. The van der Waals surface area contributed by atoms with Gasteiger partial charge in [0.25, 0.3) is 0 Å². The van der Waals surface area contributed by atoms with E-state index >= 15 is 0 Å². The molecule has 164 valence electrons. The maximum absolute atomic E-state index is 14.9. The molecule has 4 aromatic heterocycles.